The van der Waals surface area contributed by atoms with E-state index in [0.717, 1.165) is 5.56 Å². The van der Waals surface area contributed by atoms with Crippen molar-refractivity contribution >= 4 is 41.1 Å². The summed E-state index contributed by atoms with van der Waals surface area (Å²) >= 11 is 0. The van der Waals surface area contributed by atoms with E-state index in [1.807, 2.05) is 30.3 Å². The maximum atomic E-state index is 12.8. The average molecular weight is 605 g/mol. The highest BCUT2D eigenvalue weighted by Crippen LogP contribution is 2.21. The van der Waals surface area contributed by atoms with Crippen molar-refractivity contribution in [2.75, 3.05) is 5.32 Å². The first-order valence-corrected chi connectivity index (χ1v) is 14.0. The molecular formula is C32H36N4O8. The summed E-state index contributed by atoms with van der Waals surface area (Å²) < 4.78 is 0. The summed E-state index contributed by atoms with van der Waals surface area (Å²) in [6.45, 7) is 2.88. The highest BCUT2D eigenvalue weighted by molar-refractivity contribution is 5.95. The van der Waals surface area contributed by atoms with Gasteiger partial charge in [0.05, 0.1) is 17.3 Å². The van der Waals surface area contributed by atoms with Crippen molar-refractivity contribution < 1.29 is 39.3 Å². The summed E-state index contributed by atoms with van der Waals surface area (Å²) in [6.07, 6.45) is 0.694. The van der Waals surface area contributed by atoms with Gasteiger partial charge in [0.1, 0.15) is 18.1 Å². The molecule has 0 radical (unpaired) electrons. The summed E-state index contributed by atoms with van der Waals surface area (Å²) in [6, 6.07) is 18.1. The Labute approximate surface area is 254 Å². The molecule has 0 aromatic heterocycles. The second-order valence-corrected chi connectivity index (χ2v) is 10.3. The zero-order valence-electron chi connectivity index (χ0n) is 24.3. The van der Waals surface area contributed by atoms with Gasteiger partial charge in [-0.05, 0) is 62.1 Å². The Bertz CT molecular complexity index is 1460. The van der Waals surface area contributed by atoms with Gasteiger partial charge < -0.3 is 31.3 Å². The molecule has 0 aliphatic rings. The molecule has 4 atom stereocenters. The van der Waals surface area contributed by atoms with Crippen LogP contribution >= 0.6 is 0 Å². The minimum Gasteiger partial charge on any atom is -0.480 e. The Kier molecular flexibility index (Phi) is 12.0. The minimum absolute atomic E-state index is 0.0482. The van der Waals surface area contributed by atoms with E-state index in [0.29, 0.717) is 23.4 Å². The third kappa shape index (κ3) is 9.95. The number of carbonyl (C=O) groups is 5. The van der Waals surface area contributed by atoms with Crippen LogP contribution in [0, 0.1) is 0 Å². The zero-order chi connectivity index (χ0) is 32.2. The minimum atomic E-state index is -1.29. The van der Waals surface area contributed by atoms with Crippen LogP contribution in [0.5, 0.6) is 0 Å². The van der Waals surface area contributed by atoms with Gasteiger partial charge in [-0.3, -0.25) is 19.7 Å². The van der Waals surface area contributed by atoms with Gasteiger partial charge in [-0.2, -0.15) is 0 Å². The molecule has 12 nitrogen and oxygen atoms in total. The molecule has 2 amide bonds. The quantitative estimate of drug-likeness (QED) is 0.128. The second-order valence-electron chi connectivity index (χ2n) is 10.3. The molecule has 44 heavy (non-hydrogen) atoms. The van der Waals surface area contributed by atoms with Crippen LogP contribution in [0.25, 0.3) is 0 Å². The predicted molar refractivity (Wildman–Crippen MR) is 163 cm³/mol. The number of rotatable bonds is 16. The van der Waals surface area contributed by atoms with Gasteiger partial charge in [0, 0.05) is 12.1 Å². The first kappa shape index (κ1) is 33.3. The van der Waals surface area contributed by atoms with Crippen molar-refractivity contribution in [3.8, 4) is 0 Å². The van der Waals surface area contributed by atoms with Crippen molar-refractivity contribution in [3.05, 3.63) is 95.6 Å². The Balaban J connectivity index is 1.53. The lowest BCUT2D eigenvalue weighted by atomic mass is 10.0. The van der Waals surface area contributed by atoms with E-state index in [9.17, 15) is 39.3 Å². The molecule has 0 heterocycles. The molecule has 0 saturated heterocycles. The second kappa shape index (κ2) is 15.8. The predicted octanol–water partition coefficient (Wildman–Crippen LogP) is 2.81. The van der Waals surface area contributed by atoms with Gasteiger partial charge in [-0.15, -0.1) is 0 Å². The first-order valence-electron chi connectivity index (χ1n) is 14.0. The fourth-order valence-electron chi connectivity index (χ4n) is 4.41. The molecule has 0 bridgehead atoms. The highest BCUT2D eigenvalue weighted by atomic mass is 16.4. The van der Waals surface area contributed by atoms with Crippen LogP contribution in [0.3, 0.4) is 0 Å². The molecule has 12 heteroatoms. The number of carboxylic acids is 3. The Hall–Kier alpha value is -5.23. The molecule has 0 aliphatic heterocycles. The molecule has 3 aromatic rings. The van der Waals surface area contributed by atoms with Crippen molar-refractivity contribution in [3.63, 3.8) is 0 Å². The van der Waals surface area contributed by atoms with E-state index in [1.54, 1.807) is 42.5 Å². The van der Waals surface area contributed by atoms with E-state index in [2.05, 4.69) is 21.3 Å². The lowest BCUT2D eigenvalue weighted by Gasteiger charge is -2.23. The van der Waals surface area contributed by atoms with Crippen LogP contribution in [-0.2, 0) is 32.0 Å². The summed E-state index contributed by atoms with van der Waals surface area (Å²) in [4.78, 5) is 60.6. The first-order chi connectivity index (χ1) is 20.9. The summed E-state index contributed by atoms with van der Waals surface area (Å²) in [7, 11) is 0. The van der Waals surface area contributed by atoms with E-state index < -0.39 is 53.9 Å². The number of carbonyl (C=O) groups excluding carboxylic acids is 2. The average Bonchev–Trinajstić information content (AvgIpc) is 3.00. The monoisotopic (exact) mass is 604 g/mol. The largest absolute Gasteiger partial charge is 0.480 e. The van der Waals surface area contributed by atoms with Crippen molar-refractivity contribution in [2.24, 2.45) is 0 Å². The maximum absolute atomic E-state index is 12.8. The molecule has 3 rings (SSSR count). The number of anilines is 2. The van der Waals surface area contributed by atoms with Crippen molar-refractivity contribution in [1.29, 1.82) is 0 Å². The molecule has 0 fully saturated rings. The van der Waals surface area contributed by atoms with E-state index in [4.69, 9.17) is 0 Å². The van der Waals surface area contributed by atoms with Gasteiger partial charge in [-0.1, -0.05) is 54.6 Å². The lowest BCUT2D eigenvalue weighted by Crippen LogP contribution is -2.55. The van der Waals surface area contributed by atoms with Crippen LogP contribution < -0.4 is 21.3 Å². The molecule has 3 aromatic carbocycles. The molecule has 0 saturated carbocycles. The summed E-state index contributed by atoms with van der Waals surface area (Å²) in [5.41, 5.74) is 2.64. The van der Waals surface area contributed by atoms with E-state index in [-0.39, 0.29) is 18.4 Å². The number of hydrogen-bond donors (Lipinski definition) is 7. The molecule has 0 aliphatic carbocycles. The standard InChI is InChI=1S/C32H36N4O8/c1-19(33-26(31(41)42)17-14-21-8-4-3-5-9-21)28(37)34-20(2)29(38)36-27(32(43)44)18-22-12-15-23(16-13-22)35-25-11-7-6-10-24(25)30(39)40/h3-13,15-16,19-20,26-27,33,35H,14,17-18H2,1-2H3,(H,34,37)(H,36,38)(H,39,40)(H,41,42)(H,43,44)/t19-,20-,26?,27-/m0/s1. The number of aliphatic carboxylic acids is 2. The summed E-state index contributed by atoms with van der Waals surface area (Å²) in [5.74, 6) is -4.79. The number of carboxylic acid groups (broad SMARTS) is 3. The normalized spacial score (nSPS) is 13.5. The number of hydrogen-bond acceptors (Lipinski definition) is 7. The van der Waals surface area contributed by atoms with E-state index in [1.165, 1.54) is 19.9 Å². The number of aromatic carboxylic acids is 1. The number of benzene rings is 3. The van der Waals surface area contributed by atoms with Crippen LogP contribution in [0.15, 0.2) is 78.9 Å². The molecule has 1 unspecified atom stereocenters. The van der Waals surface area contributed by atoms with Crippen molar-refractivity contribution in [1.82, 2.24) is 16.0 Å². The smallest absolute Gasteiger partial charge is 0.337 e. The number of amides is 2. The van der Waals surface area contributed by atoms with Gasteiger partial charge in [0.15, 0.2) is 0 Å². The van der Waals surface area contributed by atoms with Gasteiger partial charge in [-0.25, -0.2) is 9.59 Å². The third-order valence-corrected chi connectivity index (χ3v) is 6.90. The van der Waals surface area contributed by atoms with E-state index >= 15 is 0 Å². The maximum Gasteiger partial charge on any atom is 0.337 e. The fourth-order valence-corrected chi connectivity index (χ4v) is 4.41. The topological polar surface area (TPSA) is 194 Å². The Morgan fingerprint density at radius 3 is 1.86 bits per heavy atom. The van der Waals surface area contributed by atoms with Crippen molar-refractivity contribution in [2.45, 2.75) is 57.3 Å². The number of aryl methyl sites for hydroxylation is 1. The summed E-state index contributed by atoms with van der Waals surface area (Å²) in [5, 5.41) is 39.4. The van der Waals surface area contributed by atoms with Gasteiger partial charge >= 0.3 is 17.9 Å². The Morgan fingerprint density at radius 1 is 0.659 bits per heavy atom. The van der Waals surface area contributed by atoms with Crippen LogP contribution in [-0.4, -0.2) is 69.2 Å². The Morgan fingerprint density at radius 2 is 1.25 bits per heavy atom. The lowest BCUT2D eigenvalue weighted by molar-refractivity contribution is -0.142. The molecule has 0 spiro atoms. The highest BCUT2D eigenvalue weighted by Gasteiger charge is 2.27. The number of nitrogens with one attached hydrogen (secondary N) is 4. The third-order valence-electron chi connectivity index (χ3n) is 6.90. The van der Waals surface area contributed by atoms with Crippen LogP contribution in [0.4, 0.5) is 11.4 Å². The molecule has 232 valence electrons. The van der Waals surface area contributed by atoms with Gasteiger partial charge in [0.2, 0.25) is 11.8 Å². The SMILES string of the molecule is C[C@H](NC(=O)[C@H](C)NC(CCc1ccccc1)C(=O)O)C(=O)N[C@@H](Cc1ccc(Nc2ccccc2C(=O)O)cc1)C(=O)O. The zero-order valence-corrected chi connectivity index (χ0v) is 24.3. The van der Waals surface area contributed by atoms with Crippen LogP contribution in [0.2, 0.25) is 0 Å². The fraction of sp³-hybridized carbons (Fsp3) is 0.281. The van der Waals surface area contributed by atoms with Crippen LogP contribution in [0.1, 0.15) is 41.8 Å². The molecule has 7 N–H and O–H groups in total. The molecular weight excluding hydrogens is 568 g/mol. The number of para-hydroxylation sites is 1. The van der Waals surface area contributed by atoms with Gasteiger partial charge in [0.25, 0.3) is 0 Å².